The van der Waals surface area contributed by atoms with Crippen LogP contribution in [0, 0.1) is 6.92 Å². The van der Waals surface area contributed by atoms with Crippen molar-refractivity contribution in [3.05, 3.63) is 41.3 Å². The summed E-state index contributed by atoms with van der Waals surface area (Å²) in [6, 6.07) is 3.05. The van der Waals surface area contributed by atoms with Gasteiger partial charge in [-0.25, -0.2) is 4.79 Å². The van der Waals surface area contributed by atoms with Crippen LogP contribution in [-0.2, 0) is 7.05 Å². The zero-order valence-electron chi connectivity index (χ0n) is 10.4. The molecule has 19 heavy (non-hydrogen) atoms. The highest BCUT2D eigenvalue weighted by molar-refractivity contribution is 6.10. The third kappa shape index (κ3) is 2.59. The molecule has 0 atom stereocenters. The molecule has 2 N–H and O–H groups in total. The predicted octanol–water partition coefficient (Wildman–Crippen LogP) is 1.07. The summed E-state index contributed by atoms with van der Waals surface area (Å²) in [6.45, 7) is 1.85. The summed E-state index contributed by atoms with van der Waals surface area (Å²) in [5.41, 5.74) is 0.780. The number of carbonyl (C=O) groups is 2. The standard InChI is InChI=1S/C12H12N4O3/c1-7-5-10(15-16(7)2)14-11(17)8-3-4-13-6-9(8)12(18)19/h3-6H,1-2H3,(H,18,19)(H,14,15,17). The van der Waals surface area contributed by atoms with Crippen molar-refractivity contribution in [2.45, 2.75) is 6.92 Å². The molecule has 0 spiro atoms. The van der Waals surface area contributed by atoms with E-state index >= 15 is 0 Å². The van der Waals surface area contributed by atoms with Gasteiger partial charge in [0.1, 0.15) is 0 Å². The van der Waals surface area contributed by atoms with Gasteiger partial charge in [-0.1, -0.05) is 0 Å². The Hall–Kier alpha value is -2.70. The third-order valence-electron chi connectivity index (χ3n) is 2.65. The number of aromatic carboxylic acids is 1. The van der Waals surface area contributed by atoms with E-state index in [4.69, 9.17) is 5.11 Å². The minimum Gasteiger partial charge on any atom is -0.478 e. The van der Waals surface area contributed by atoms with E-state index in [0.717, 1.165) is 11.9 Å². The fraction of sp³-hybridized carbons (Fsp3) is 0.167. The maximum Gasteiger partial charge on any atom is 0.338 e. The van der Waals surface area contributed by atoms with Crippen LogP contribution in [0.1, 0.15) is 26.4 Å². The molecule has 0 radical (unpaired) electrons. The molecule has 0 aliphatic heterocycles. The highest BCUT2D eigenvalue weighted by Crippen LogP contribution is 2.12. The molecule has 0 saturated heterocycles. The highest BCUT2D eigenvalue weighted by atomic mass is 16.4. The molecular formula is C12H12N4O3. The molecule has 2 heterocycles. The number of hydrogen-bond donors (Lipinski definition) is 2. The van der Waals surface area contributed by atoms with Gasteiger partial charge in [-0.3, -0.25) is 14.5 Å². The van der Waals surface area contributed by atoms with Crippen LogP contribution in [0.5, 0.6) is 0 Å². The topological polar surface area (TPSA) is 97.1 Å². The first-order chi connectivity index (χ1) is 8.99. The Kier molecular flexibility index (Phi) is 3.28. The molecule has 0 saturated carbocycles. The molecule has 0 fully saturated rings. The fourth-order valence-electron chi connectivity index (χ4n) is 1.57. The van der Waals surface area contributed by atoms with E-state index in [9.17, 15) is 9.59 Å². The Morgan fingerprint density at radius 2 is 2.11 bits per heavy atom. The van der Waals surface area contributed by atoms with Gasteiger partial charge in [0.25, 0.3) is 5.91 Å². The highest BCUT2D eigenvalue weighted by Gasteiger charge is 2.17. The summed E-state index contributed by atoms with van der Waals surface area (Å²) in [5, 5.41) is 15.6. The van der Waals surface area contributed by atoms with Gasteiger partial charge in [0.15, 0.2) is 5.82 Å². The molecule has 0 aromatic carbocycles. The lowest BCUT2D eigenvalue weighted by molar-refractivity contribution is 0.0692. The Morgan fingerprint density at radius 3 is 2.68 bits per heavy atom. The average Bonchev–Trinajstić information content (AvgIpc) is 2.68. The van der Waals surface area contributed by atoms with Gasteiger partial charge in [-0.15, -0.1) is 0 Å². The number of amides is 1. The monoisotopic (exact) mass is 260 g/mol. The van der Waals surface area contributed by atoms with Crippen molar-refractivity contribution in [2.24, 2.45) is 7.05 Å². The maximum absolute atomic E-state index is 12.0. The molecule has 0 aliphatic carbocycles. The van der Waals surface area contributed by atoms with Crippen molar-refractivity contribution >= 4 is 17.7 Å². The van der Waals surface area contributed by atoms with Crippen molar-refractivity contribution in [1.29, 1.82) is 0 Å². The van der Waals surface area contributed by atoms with Crippen molar-refractivity contribution < 1.29 is 14.7 Å². The molecule has 7 nitrogen and oxygen atoms in total. The first kappa shape index (κ1) is 12.7. The van der Waals surface area contributed by atoms with E-state index in [-0.39, 0.29) is 11.1 Å². The van der Waals surface area contributed by atoms with Crippen molar-refractivity contribution in [2.75, 3.05) is 5.32 Å². The summed E-state index contributed by atoms with van der Waals surface area (Å²) in [7, 11) is 1.75. The molecular weight excluding hydrogens is 248 g/mol. The minimum atomic E-state index is -1.20. The molecule has 98 valence electrons. The number of carboxylic acid groups (broad SMARTS) is 1. The lowest BCUT2D eigenvalue weighted by atomic mass is 10.1. The van der Waals surface area contributed by atoms with E-state index in [1.165, 1.54) is 12.3 Å². The van der Waals surface area contributed by atoms with E-state index < -0.39 is 11.9 Å². The van der Waals surface area contributed by atoms with Crippen molar-refractivity contribution in [1.82, 2.24) is 14.8 Å². The second kappa shape index (κ2) is 4.89. The van der Waals surface area contributed by atoms with Crippen LogP contribution in [-0.4, -0.2) is 31.7 Å². The molecule has 7 heteroatoms. The number of nitrogens with zero attached hydrogens (tertiary/aromatic N) is 3. The Labute approximate surface area is 108 Å². The number of carboxylic acids is 1. The summed E-state index contributed by atoms with van der Waals surface area (Å²) >= 11 is 0. The number of hydrogen-bond acceptors (Lipinski definition) is 4. The van der Waals surface area contributed by atoms with Gasteiger partial charge in [0.2, 0.25) is 0 Å². The van der Waals surface area contributed by atoms with Crippen LogP contribution in [0.25, 0.3) is 0 Å². The Balaban J connectivity index is 2.28. The summed E-state index contributed by atoms with van der Waals surface area (Å²) < 4.78 is 1.61. The van der Waals surface area contributed by atoms with Crippen LogP contribution in [0.3, 0.4) is 0 Å². The third-order valence-corrected chi connectivity index (χ3v) is 2.65. The van der Waals surface area contributed by atoms with Crippen LogP contribution in [0.15, 0.2) is 24.5 Å². The number of rotatable bonds is 3. The Morgan fingerprint density at radius 1 is 1.37 bits per heavy atom. The molecule has 0 unspecified atom stereocenters. The second-order valence-corrected chi connectivity index (χ2v) is 3.98. The smallest absolute Gasteiger partial charge is 0.338 e. The maximum atomic E-state index is 12.0. The van der Waals surface area contributed by atoms with Gasteiger partial charge < -0.3 is 10.4 Å². The fourth-order valence-corrected chi connectivity index (χ4v) is 1.57. The van der Waals surface area contributed by atoms with E-state index in [2.05, 4.69) is 15.4 Å². The van der Waals surface area contributed by atoms with Crippen LogP contribution >= 0.6 is 0 Å². The zero-order valence-corrected chi connectivity index (χ0v) is 10.4. The first-order valence-electron chi connectivity index (χ1n) is 5.48. The lowest BCUT2D eigenvalue weighted by Gasteiger charge is -2.04. The molecule has 2 aromatic rings. The number of carbonyl (C=O) groups excluding carboxylic acids is 1. The number of aromatic nitrogens is 3. The summed E-state index contributed by atoms with van der Waals surface area (Å²) in [6.07, 6.45) is 2.51. The summed E-state index contributed by atoms with van der Waals surface area (Å²) in [5.74, 6) is -1.36. The number of anilines is 1. The predicted molar refractivity (Wildman–Crippen MR) is 67.1 cm³/mol. The largest absolute Gasteiger partial charge is 0.478 e. The zero-order chi connectivity index (χ0) is 14.0. The van der Waals surface area contributed by atoms with E-state index in [1.54, 1.807) is 17.8 Å². The van der Waals surface area contributed by atoms with Gasteiger partial charge in [0, 0.05) is 31.2 Å². The Bertz CT molecular complexity index is 629. The first-order valence-corrected chi connectivity index (χ1v) is 5.48. The van der Waals surface area contributed by atoms with Gasteiger partial charge >= 0.3 is 5.97 Å². The van der Waals surface area contributed by atoms with Crippen molar-refractivity contribution in [3.63, 3.8) is 0 Å². The van der Waals surface area contributed by atoms with E-state index in [1.807, 2.05) is 6.92 Å². The number of pyridine rings is 1. The van der Waals surface area contributed by atoms with Crippen LogP contribution in [0.2, 0.25) is 0 Å². The molecule has 0 aliphatic rings. The minimum absolute atomic E-state index is 0.0470. The normalized spacial score (nSPS) is 10.2. The van der Waals surface area contributed by atoms with Crippen LogP contribution in [0.4, 0.5) is 5.82 Å². The SMILES string of the molecule is Cc1cc(NC(=O)c2ccncc2C(=O)O)nn1C. The quantitative estimate of drug-likeness (QED) is 0.860. The van der Waals surface area contributed by atoms with Gasteiger partial charge in [0.05, 0.1) is 11.1 Å². The number of nitrogens with one attached hydrogen (secondary N) is 1. The van der Waals surface area contributed by atoms with Crippen LogP contribution < -0.4 is 5.32 Å². The van der Waals surface area contributed by atoms with Gasteiger partial charge in [-0.05, 0) is 13.0 Å². The average molecular weight is 260 g/mol. The molecule has 0 bridgehead atoms. The molecule has 1 amide bonds. The van der Waals surface area contributed by atoms with Crippen molar-refractivity contribution in [3.8, 4) is 0 Å². The van der Waals surface area contributed by atoms with E-state index in [0.29, 0.717) is 5.82 Å². The molecule has 2 aromatic heterocycles. The van der Waals surface area contributed by atoms with Gasteiger partial charge in [-0.2, -0.15) is 5.10 Å². The molecule has 2 rings (SSSR count). The summed E-state index contributed by atoms with van der Waals surface area (Å²) in [4.78, 5) is 26.7. The number of aryl methyl sites for hydroxylation is 2. The second-order valence-electron chi connectivity index (χ2n) is 3.98. The lowest BCUT2D eigenvalue weighted by Crippen LogP contribution is -2.17.